The maximum Gasteiger partial charge on any atom is 0.101 e. The van der Waals surface area contributed by atoms with Crippen molar-refractivity contribution in [2.45, 2.75) is 51.4 Å². The Morgan fingerprint density at radius 1 is 1.35 bits per heavy atom. The zero-order valence-corrected chi connectivity index (χ0v) is 12.5. The molecule has 4 nitrogen and oxygen atoms in total. The van der Waals surface area contributed by atoms with Gasteiger partial charge in [-0.05, 0) is 39.3 Å². The quantitative estimate of drug-likeness (QED) is 0.824. The molecular formula is C16H22N4. The fraction of sp³-hybridized carbons (Fsp3) is 0.625. The molecule has 0 saturated carbocycles. The van der Waals surface area contributed by atoms with E-state index in [0.29, 0.717) is 17.6 Å². The number of hydrogen-bond donors (Lipinski definition) is 0. The molecular weight excluding hydrogens is 248 g/mol. The molecule has 3 aliphatic heterocycles. The molecule has 3 saturated heterocycles. The molecule has 0 amide bonds. The number of rotatable bonds is 2. The van der Waals surface area contributed by atoms with Gasteiger partial charge in [0.25, 0.3) is 0 Å². The minimum absolute atomic E-state index is 0.256. The van der Waals surface area contributed by atoms with Crippen molar-refractivity contribution in [1.82, 2.24) is 14.8 Å². The highest BCUT2D eigenvalue weighted by molar-refractivity contribution is 5.32. The first-order valence-electron chi connectivity index (χ1n) is 7.34. The standard InChI is InChI=1S/C16H22N4/c1-16(2,3)19-9-13-7-14(10-19)20(13)11-15-12(8-17)5-4-6-18-15/h4-6,13-14H,7,9-11H2,1-3H3. The fourth-order valence-corrected chi connectivity index (χ4v) is 3.33. The lowest BCUT2D eigenvalue weighted by molar-refractivity contribution is -0.100. The number of nitrogens with zero attached hydrogens (tertiary/aromatic N) is 4. The van der Waals surface area contributed by atoms with Gasteiger partial charge in [0.05, 0.1) is 11.3 Å². The molecule has 0 spiro atoms. The van der Waals surface area contributed by atoms with Crippen LogP contribution < -0.4 is 0 Å². The van der Waals surface area contributed by atoms with E-state index in [-0.39, 0.29) is 5.54 Å². The van der Waals surface area contributed by atoms with E-state index in [0.717, 1.165) is 25.3 Å². The SMILES string of the molecule is CC(C)(C)N1CC2CC(C1)N2Cc1ncccc1C#N. The van der Waals surface area contributed by atoms with E-state index < -0.39 is 0 Å². The first-order valence-corrected chi connectivity index (χ1v) is 7.34. The smallest absolute Gasteiger partial charge is 0.101 e. The summed E-state index contributed by atoms with van der Waals surface area (Å²) >= 11 is 0. The molecule has 2 atom stereocenters. The molecule has 2 bridgehead atoms. The van der Waals surface area contributed by atoms with E-state index in [2.05, 4.69) is 41.6 Å². The summed E-state index contributed by atoms with van der Waals surface area (Å²) in [6.45, 7) is 9.94. The second-order valence-corrected chi connectivity index (χ2v) is 6.90. The molecule has 0 N–H and O–H groups in total. The van der Waals surface area contributed by atoms with Crippen LogP contribution in [0.25, 0.3) is 0 Å². The Balaban J connectivity index is 1.69. The lowest BCUT2D eigenvalue weighted by atomic mass is 9.84. The van der Waals surface area contributed by atoms with Crippen molar-refractivity contribution in [1.29, 1.82) is 5.26 Å². The van der Waals surface area contributed by atoms with Crippen LogP contribution in [0.4, 0.5) is 0 Å². The Hall–Kier alpha value is -1.44. The van der Waals surface area contributed by atoms with Crippen LogP contribution in [-0.2, 0) is 6.54 Å². The zero-order chi connectivity index (χ0) is 14.3. The summed E-state index contributed by atoms with van der Waals surface area (Å²) < 4.78 is 0. The molecule has 4 rings (SSSR count). The van der Waals surface area contributed by atoms with Gasteiger partial charge in [0, 0.05) is 43.5 Å². The van der Waals surface area contributed by atoms with Gasteiger partial charge in [0.1, 0.15) is 6.07 Å². The lowest BCUT2D eigenvalue weighted by Crippen LogP contribution is -2.70. The number of fused-ring (bicyclic) bond motifs is 2. The molecule has 1 aromatic heterocycles. The Labute approximate surface area is 121 Å². The summed E-state index contributed by atoms with van der Waals surface area (Å²) in [5.74, 6) is 0. The maximum atomic E-state index is 9.16. The summed E-state index contributed by atoms with van der Waals surface area (Å²) in [5, 5.41) is 9.16. The third-order valence-corrected chi connectivity index (χ3v) is 4.64. The Morgan fingerprint density at radius 2 is 2.05 bits per heavy atom. The number of nitriles is 1. The number of pyridine rings is 1. The third kappa shape index (κ3) is 2.32. The molecule has 1 aromatic rings. The van der Waals surface area contributed by atoms with Gasteiger partial charge in [0.15, 0.2) is 0 Å². The van der Waals surface area contributed by atoms with Crippen molar-refractivity contribution in [2.24, 2.45) is 0 Å². The third-order valence-electron chi connectivity index (χ3n) is 4.64. The van der Waals surface area contributed by atoms with Gasteiger partial charge in [-0.15, -0.1) is 0 Å². The van der Waals surface area contributed by atoms with E-state index in [1.807, 2.05) is 12.1 Å². The van der Waals surface area contributed by atoms with Crippen LogP contribution in [0.5, 0.6) is 0 Å². The first-order chi connectivity index (χ1) is 9.49. The Kier molecular flexibility index (Phi) is 3.27. The van der Waals surface area contributed by atoms with Gasteiger partial charge in [-0.3, -0.25) is 14.8 Å². The van der Waals surface area contributed by atoms with E-state index >= 15 is 0 Å². The van der Waals surface area contributed by atoms with Gasteiger partial charge in [-0.25, -0.2) is 0 Å². The average molecular weight is 270 g/mol. The van der Waals surface area contributed by atoms with Gasteiger partial charge in [-0.1, -0.05) is 0 Å². The summed E-state index contributed by atoms with van der Waals surface area (Å²) in [5.41, 5.74) is 1.89. The van der Waals surface area contributed by atoms with E-state index in [4.69, 9.17) is 5.26 Å². The second-order valence-electron chi connectivity index (χ2n) is 6.90. The van der Waals surface area contributed by atoms with Crippen LogP contribution >= 0.6 is 0 Å². The van der Waals surface area contributed by atoms with Crippen molar-refractivity contribution >= 4 is 0 Å². The van der Waals surface area contributed by atoms with Crippen LogP contribution in [0, 0.1) is 11.3 Å². The zero-order valence-electron chi connectivity index (χ0n) is 12.5. The summed E-state index contributed by atoms with van der Waals surface area (Å²) in [7, 11) is 0. The molecule has 2 unspecified atom stereocenters. The minimum atomic E-state index is 0.256. The van der Waals surface area contributed by atoms with Gasteiger partial charge < -0.3 is 0 Å². The van der Waals surface area contributed by atoms with Crippen molar-refractivity contribution in [2.75, 3.05) is 13.1 Å². The Bertz CT molecular complexity index is 528. The van der Waals surface area contributed by atoms with Gasteiger partial charge in [-0.2, -0.15) is 5.26 Å². The molecule has 3 aliphatic rings. The predicted molar refractivity (Wildman–Crippen MR) is 78.0 cm³/mol. The number of piperidine rings is 1. The second kappa shape index (κ2) is 4.83. The topological polar surface area (TPSA) is 43.2 Å². The van der Waals surface area contributed by atoms with Crippen molar-refractivity contribution in [3.05, 3.63) is 29.6 Å². The van der Waals surface area contributed by atoms with Crippen molar-refractivity contribution < 1.29 is 0 Å². The number of hydrogen-bond acceptors (Lipinski definition) is 4. The van der Waals surface area contributed by atoms with Gasteiger partial charge in [0.2, 0.25) is 0 Å². The lowest BCUT2D eigenvalue weighted by Gasteiger charge is -2.59. The molecule has 0 aliphatic carbocycles. The highest BCUT2D eigenvalue weighted by Gasteiger charge is 2.46. The predicted octanol–water partition coefficient (Wildman–Crippen LogP) is 2.01. The molecule has 4 heterocycles. The molecule has 106 valence electrons. The molecule has 4 heteroatoms. The maximum absolute atomic E-state index is 9.16. The minimum Gasteiger partial charge on any atom is -0.295 e. The molecule has 3 fully saturated rings. The van der Waals surface area contributed by atoms with E-state index in [1.54, 1.807) is 6.20 Å². The molecule has 20 heavy (non-hydrogen) atoms. The fourth-order valence-electron chi connectivity index (χ4n) is 3.33. The van der Waals surface area contributed by atoms with E-state index in [1.165, 1.54) is 6.42 Å². The summed E-state index contributed by atoms with van der Waals surface area (Å²) in [6, 6.07) is 7.20. The summed E-state index contributed by atoms with van der Waals surface area (Å²) in [6.07, 6.45) is 3.08. The van der Waals surface area contributed by atoms with Crippen LogP contribution in [0.15, 0.2) is 18.3 Å². The largest absolute Gasteiger partial charge is 0.295 e. The van der Waals surface area contributed by atoms with Crippen molar-refractivity contribution in [3.63, 3.8) is 0 Å². The highest BCUT2D eigenvalue weighted by Crippen LogP contribution is 2.36. The molecule has 0 radical (unpaired) electrons. The number of aromatic nitrogens is 1. The summed E-state index contributed by atoms with van der Waals surface area (Å²) in [4.78, 5) is 9.48. The average Bonchev–Trinajstić information content (AvgIpc) is 2.44. The number of piperazine rings is 1. The van der Waals surface area contributed by atoms with Crippen LogP contribution in [-0.4, -0.2) is 45.5 Å². The highest BCUT2D eigenvalue weighted by atomic mass is 15.4. The Morgan fingerprint density at radius 3 is 2.65 bits per heavy atom. The van der Waals surface area contributed by atoms with Crippen molar-refractivity contribution in [3.8, 4) is 6.07 Å². The monoisotopic (exact) mass is 270 g/mol. The van der Waals surface area contributed by atoms with Crippen LogP contribution in [0.1, 0.15) is 38.4 Å². The molecule has 0 aromatic carbocycles. The first kappa shape index (κ1) is 13.5. The van der Waals surface area contributed by atoms with Crippen LogP contribution in [0.2, 0.25) is 0 Å². The van der Waals surface area contributed by atoms with Crippen LogP contribution in [0.3, 0.4) is 0 Å². The van der Waals surface area contributed by atoms with Gasteiger partial charge >= 0.3 is 0 Å². The normalized spacial score (nSPS) is 26.9. The van der Waals surface area contributed by atoms with E-state index in [9.17, 15) is 0 Å².